The molecule has 0 atom stereocenters. The molecule has 0 heterocycles. The van der Waals surface area contributed by atoms with Crippen LogP contribution >= 0.6 is 0 Å². The summed E-state index contributed by atoms with van der Waals surface area (Å²) in [6, 6.07) is 0. The first-order valence-electron chi connectivity index (χ1n) is 4.52. The van der Waals surface area contributed by atoms with Crippen molar-refractivity contribution in [3.8, 4) is 0 Å². The van der Waals surface area contributed by atoms with Crippen LogP contribution in [0.3, 0.4) is 0 Å². The Bertz CT molecular complexity index is 259. The summed E-state index contributed by atoms with van der Waals surface area (Å²) in [7, 11) is -2.85. The van der Waals surface area contributed by atoms with Crippen LogP contribution in [0.25, 0.3) is 0 Å². The number of ether oxygens (including phenoxy) is 1. The molecule has 0 amide bonds. The minimum absolute atomic E-state index is 0.174. The minimum Gasteiger partial charge on any atom is -0.376 e. The standard InChI is InChI=1S/C9H19NO3S/c1-9(2)8-13-6-4-10-5-7-14(3,11)12/h10H,1,4-8H2,2-3H3. The Labute approximate surface area is 86.3 Å². The molecule has 0 aliphatic rings. The third-order valence-corrected chi connectivity index (χ3v) is 2.37. The molecule has 0 aromatic heterocycles. The molecule has 0 aromatic rings. The molecular formula is C9H19NO3S. The summed E-state index contributed by atoms with van der Waals surface area (Å²) in [5, 5.41) is 2.98. The zero-order valence-corrected chi connectivity index (χ0v) is 9.69. The van der Waals surface area contributed by atoms with Gasteiger partial charge in [-0.1, -0.05) is 12.2 Å². The predicted molar refractivity (Wildman–Crippen MR) is 58.2 cm³/mol. The van der Waals surface area contributed by atoms with E-state index in [1.54, 1.807) is 0 Å². The number of hydrogen-bond donors (Lipinski definition) is 1. The molecule has 1 N–H and O–H groups in total. The van der Waals surface area contributed by atoms with Gasteiger partial charge in [-0.2, -0.15) is 0 Å². The van der Waals surface area contributed by atoms with E-state index in [0.29, 0.717) is 26.3 Å². The van der Waals surface area contributed by atoms with E-state index in [0.717, 1.165) is 5.57 Å². The highest BCUT2D eigenvalue weighted by Crippen LogP contribution is 1.86. The maximum Gasteiger partial charge on any atom is 0.148 e. The molecule has 0 unspecified atom stereocenters. The van der Waals surface area contributed by atoms with Crippen LogP contribution in [-0.4, -0.2) is 46.7 Å². The van der Waals surface area contributed by atoms with Crippen LogP contribution < -0.4 is 5.32 Å². The van der Waals surface area contributed by atoms with Crippen molar-refractivity contribution in [3.05, 3.63) is 12.2 Å². The van der Waals surface area contributed by atoms with Gasteiger partial charge in [-0.3, -0.25) is 0 Å². The molecule has 5 heteroatoms. The van der Waals surface area contributed by atoms with E-state index in [4.69, 9.17) is 4.74 Å². The number of nitrogens with one attached hydrogen (secondary N) is 1. The van der Waals surface area contributed by atoms with Gasteiger partial charge in [0.2, 0.25) is 0 Å². The molecule has 0 aromatic carbocycles. The lowest BCUT2D eigenvalue weighted by Crippen LogP contribution is -2.26. The fourth-order valence-corrected chi connectivity index (χ4v) is 1.29. The smallest absolute Gasteiger partial charge is 0.148 e. The van der Waals surface area contributed by atoms with Gasteiger partial charge < -0.3 is 10.1 Å². The summed E-state index contributed by atoms with van der Waals surface area (Å²) in [4.78, 5) is 0. The number of sulfone groups is 1. The van der Waals surface area contributed by atoms with Gasteiger partial charge in [-0.05, 0) is 6.92 Å². The van der Waals surface area contributed by atoms with Crippen molar-refractivity contribution in [2.45, 2.75) is 6.92 Å². The maximum atomic E-state index is 10.7. The van der Waals surface area contributed by atoms with Gasteiger partial charge in [0.15, 0.2) is 0 Å². The van der Waals surface area contributed by atoms with Crippen LogP contribution in [0.1, 0.15) is 6.92 Å². The van der Waals surface area contributed by atoms with Crippen molar-refractivity contribution < 1.29 is 13.2 Å². The Kier molecular flexibility index (Phi) is 6.78. The second-order valence-corrected chi connectivity index (χ2v) is 5.65. The third kappa shape index (κ3) is 11.6. The van der Waals surface area contributed by atoms with Gasteiger partial charge in [0, 0.05) is 19.3 Å². The van der Waals surface area contributed by atoms with Crippen molar-refractivity contribution in [2.75, 3.05) is 38.3 Å². The summed E-state index contributed by atoms with van der Waals surface area (Å²) >= 11 is 0. The van der Waals surface area contributed by atoms with E-state index < -0.39 is 9.84 Å². The average Bonchev–Trinajstić information content (AvgIpc) is 2.00. The highest BCUT2D eigenvalue weighted by molar-refractivity contribution is 7.90. The largest absolute Gasteiger partial charge is 0.376 e. The molecule has 0 fully saturated rings. The molecule has 84 valence electrons. The van der Waals surface area contributed by atoms with E-state index in [9.17, 15) is 8.42 Å². The molecule has 0 saturated carbocycles. The van der Waals surface area contributed by atoms with Gasteiger partial charge in [-0.25, -0.2) is 8.42 Å². The van der Waals surface area contributed by atoms with Gasteiger partial charge in [-0.15, -0.1) is 0 Å². The van der Waals surface area contributed by atoms with Crippen molar-refractivity contribution in [2.24, 2.45) is 0 Å². The monoisotopic (exact) mass is 221 g/mol. The SMILES string of the molecule is C=C(C)COCCNCCS(C)(=O)=O. The van der Waals surface area contributed by atoms with Crippen molar-refractivity contribution in [1.29, 1.82) is 0 Å². The maximum absolute atomic E-state index is 10.7. The zero-order chi connectivity index (χ0) is 11.0. The fourth-order valence-electron chi connectivity index (χ4n) is 0.773. The number of hydrogen-bond acceptors (Lipinski definition) is 4. The molecule has 4 nitrogen and oxygen atoms in total. The lowest BCUT2D eigenvalue weighted by atomic mass is 10.4. The summed E-state index contributed by atoms with van der Waals surface area (Å²) in [5.74, 6) is 0.174. The topological polar surface area (TPSA) is 55.4 Å². The van der Waals surface area contributed by atoms with Crippen LogP contribution in [0.2, 0.25) is 0 Å². The Morgan fingerprint density at radius 3 is 2.57 bits per heavy atom. The van der Waals surface area contributed by atoms with Gasteiger partial charge in [0.1, 0.15) is 9.84 Å². The molecule has 0 aliphatic heterocycles. The van der Waals surface area contributed by atoms with Crippen LogP contribution in [0.5, 0.6) is 0 Å². The first kappa shape index (κ1) is 13.6. The summed E-state index contributed by atoms with van der Waals surface area (Å²) in [6.07, 6.45) is 1.23. The Morgan fingerprint density at radius 2 is 2.07 bits per heavy atom. The lowest BCUT2D eigenvalue weighted by Gasteiger charge is -2.05. The molecule has 0 bridgehead atoms. The van der Waals surface area contributed by atoms with Gasteiger partial charge >= 0.3 is 0 Å². The molecular weight excluding hydrogens is 202 g/mol. The van der Waals surface area contributed by atoms with Crippen molar-refractivity contribution in [3.63, 3.8) is 0 Å². The highest BCUT2D eigenvalue weighted by Gasteiger charge is 1.99. The molecule has 0 radical (unpaired) electrons. The van der Waals surface area contributed by atoms with Gasteiger partial charge in [0.05, 0.1) is 19.0 Å². The van der Waals surface area contributed by atoms with E-state index in [-0.39, 0.29) is 5.75 Å². The third-order valence-electron chi connectivity index (χ3n) is 1.42. The van der Waals surface area contributed by atoms with Gasteiger partial charge in [0.25, 0.3) is 0 Å². The molecule has 0 aliphatic carbocycles. The summed E-state index contributed by atoms with van der Waals surface area (Å²) in [6.45, 7) is 7.89. The highest BCUT2D eigenvalue weighted by atomic mass is 32.2. The van der Waals surface area contributed by atoms with Crippen molar-refractivity contribution in [1.82, 2.24) is 5.32 Å². The van der Waals surface area contributed by atoms with E-state index in [1.807, 2.05) is 6.92 Å². The van der Waals surface area contributed by atoms with Crippen LogP contribution in [0, 0.1) is 0 Å². The van der Waals surface area contributed by atoms with E-state index in [1.165, 1.54) is 6.26 Å². The first-order chi connectivity index (χ1) is 6.42. The Morgan fingerprint density at radius 1 is 1.43 bits per heavy atom. The Balaban J connectivity index is 3.19. The second-order valence-electron chi connectivity index (χ2n) is 3.39. The predicted octanol–water partition coefficient (Wildman–Crippen LogP) is 0.213. The second kappa shape index (κ2) is 6.98. The fraction of sp³-hybridized carbons (Fsp3) is 0.778. The molecule has 14 heavy (non-hydrogen) atoms. The zero-order valence-electron chi connectivity index (χ0n) is 8.88. The quantitative estimate of drug-likeness (QED) is 0.470. The summed E-state index contributed by atoms with van der Waals surface area (Å²) < 4.78 is 26.7. The summed E-state index contributed by atoms with van der Waals surface area (Å²) in [5.41, 5.74) is 0.987. The molecule has 0 saturated heterocycles. The molecule has 0 rings (SSSR count). The van der Waals surface area contributed by atoms with E-state index in [2.05, 4.69) is 11.9 Å². The van der Waals surface area contributed by atoms with Crippen LogP contribution in [-0.2, 0) is 14.6 Å². The van der Waals surface area contributed by atoms with Crippen molar-refractivity contribution >= 4 is 9.84 Å². The van der Waals surface area contributed by atoms with Crippen LogP contribution in [0.15, 0.2) is 12.2 Å². The van der Waals surface area contributed by atoms with E-state index >= 15 is 0 Å². The number of rotatable bonds is 8. The van der Waals surface area contributed by atoms with Crippen LogP contribution in [0.4, 0.5) is 0 Å². The lowest BCUT2D eigenvalue weighted by molar-refractivity contribution is 0.158. The normalized spacial score (nSPS) is 11.6. The first-order valence-corrected chi connectivity index (χ1v) is 6.58. The Hall–Kier alpha value is -0.390. The average molecular weight is 221 g/mol. The minimum atomic E-state index is -2.85. The molecule has 0 spiro atoms.